The molecule has 0 spiro atoms. The largest absolute Gasteiger partial charge is 0.235 e. The van der Waals surface area contributed by atoms with Crippen LogP contribution >= 0.6 is 0 Å². The summed E-state index contributed by atoms with van der Waals surface area (Å²) in [6.45, 7) is 4.33. The van der Waals surface area contributed by atoms with Crippen molar-refractivity contribution >= 4 is 6.08 Å². The van der Waals surface area contributed by atoms with Crippen LogP contribution in [0, 0.1) is 0 Å². The number of isocyanates is 1. The molecule has 1 unspecified atom stereocenters. The number of aliphatic imine (C=N–C) groups is 1. The lowest BCUT2D eigenvalue weighted by Gasteiger charge is -2.06. The van der Waals surface area contributed by atoms with Crippen LogP contribution in [0.25, 0.3) is 0 Å². The minimum Gasteiger partial charge on any atom is -0.211 e. The molecule has 0 aromatic heterocycles. The standard InChI is InChI=1S/C14H27NO/c1-3-5-6-7-8-9-10-11-12-14(4-2)15-13-16/h14H,3-12H2,1-2H3. The van der Waals surface area contributed by atoms with E-state index in [1.165, 1.54) is 51.4 Å². The summed E-state index contributed by atoms with van der Waals surface area (Å²) in [4.78, 5) is 13.9. The fourth-order valence-corrected chi connectivity index (χ4v) is 1.95. The summed E-state index contributed by atoms with van der Waals surface area (Å²) in [7, 11) is 0. The Kier molecular flexibility index (Phi) is 12.0. The van der Waals surface area contributed by atoms with Crippen molar-refractivity contribution in [1.29, 1.82) is 0 Å². The van der Waals surface area contributed by atoms with E-state index >= 15 is 0 Å². The van der Waals surface area contributed by atoms with Gasteiger partial charge in [-0.05, 0) is 12.8 Å². The fourth-order valence-electron chi connectivity index (χ4n) is 1.95. The van der Waals surface area contributed by atoms with Crippen molar-refractivity contribution in [2.24, 2.45) is 4.99 Å². The summed E-state index contributed by atoms with van der Waals surface area (Å²) >= 11 is 0. The summed E-state index contributed by atoms with van der Waals surface area (Å²) < 4.78 is 0. The van der Waals surface area contributed by atoms with Crippen molar-refractivity contribution in [3.05, 3.63) is 0 Å². The molecule has 0 N–H and O–H groups in total. The minimum absolute atomic E-state index is 0.220. The average Bonchev–Trinajstić information content (AvgIpc) is 2.31. The SMILES string of the molecule is CCCCCCCCCCC(CC)N=C=O. The van der Waals surface area contributed by atoms with Crippen LogP contribution in [0.3, 0.4) is 0 Å². The maximum Gasteiger partial charge on any atom is 0.235 e. The van der Waals surface area contributed by atoms with Gasteiger partial charge in [-0.1, -0.05) is 65.2 Å². The Morgan fingerprint density at radius 2 is 1.50 bits per heavy atom. The number of carbonyl (C=O) groups excluding carboxylic acids is 1. The number of nitrogens with zero attached hydrogens (tertiary/aromatic N) is 1. The maximum absolute atomic E-state index is 10.1. The van der Waals surface area contributed by atoms with Gasteiger partial charge < -0.3 is 0 Å². The molecule has 0 rings (SSSR count). The van der Waals surface area contributed by atoms with Crippen LogP contribution in [0.4, 0.5) is 0 Å². The Morgan fingerprint density at radius 1 is 0.938 bits per heavy atom. The predicted molar refractivity (Wildman–Crippen MR) is 69.4 cm³/mol. The number of hydrogen-bond acceptors (Lipinski definition) is 2. The van der Waals surface area contributed by atoms with Crippen LogP contribution in [0.1, 0.15) is 78.1 Å². The van der Waals surface area contributed by atoms with Gasteiger partial charge in [-0.15, -0.1) is 0 Å². The first kappa shape index (κ1) is 15.4. The Labute approximate surface area is 101 Å². The molecule has 2 nitrogen and oxygen atoms in total. The second-order valence-electron chi connectivity index (χ2n) is 4.55. The third kappa shape index (κ3) is 9.92. The maximum atomic E-state index is 10.1. The van der Waals surface area contributed by atoms with Gasteiger partial charge in [-0.3, -0.25) is 0 Å². The monoisotopic (exact) mass is 225 g/mol. The van der Waals surface area contributed by atoms with Gasteiger partial charge in [0.1, 0.15) is 0 Å². The Balaban J connectivity index is 3.22. The first-order chi connectivity index (χ1) is 7.85. The molecule has 0 fully saturated rings. The molecule has 0 radical (unpaired) electrons. The molecule has 0 saturated carbocycles. The molecule has 0 heterocycles. The zero-order valence-electron chi connectivity index (χ0n) is 11.0. The van der Waals surface area contributed by atoms with Gasteiger partial charge in [0, 0.05) is 0 Å². The molecule has 0 aromatic carbocycles. The van der Waals surface area contributed by atoms with E-state index in [4.69, 9.17) is 0 Å². The van der Waals surface area contributed by atoms with Crippen LogP contribution in [0.5, 0.6) is 0 Å². The smallest absolute Gasteiger partial charge is 0.211 e. The molecule has 1 atom stereocenters. The van der Waals surface area contributed by atoms with E-state index in [2.05, 4.69) is 18.8 Å². The second-order valence-corrected chi connectivity index (χ2v) is 4.55. The van der Waals surface area contributed by atoms with Crippen molar-refractivity contribution in [3.8, 4) is 0 Å². The van der Waals surface area contributed by atoms with E-state index in [1.807, 2.05) is 0 Å². The molecular formula is C14H27NO. The first-order valence-corrected chi connectivity index (χ1v) is 6.92. The average molecular weight is 225 g/mol. The summed E-state index contributed by atoms with van der Waals surface area (Å²) in [5, 5.41) is 0. The zero-order valence-corrected chi connectivity index (χ0v) is 11.0. The van der Waals surface area contributed by atoms with E-state index in [0.717, 1.165) is 12.8 Å². The normalized spacial score (nSPS) is 12.1. The van der Waals surface area contributed by atoms with Crippen LogP contribution < -0.4 is 0 Å². The van der Waals surface area contributed by atoms with Crippen LogP contribution in [-0.2, 0) is 4.79 Å². The van der Waals surface area contributed by atoms with Gasteiger partial charge in [0.05, 0.1) is 6.04 Å². The molecule has 0 aliphatic rings. The van der Waals surface area contributed by atoms with Crippen molar-refractivity contribution in [2.75, 3.05) is 0 Å². The van der Waals surface area contributed by atoms with E-state index < -0.39 is 0 Å². The minimum atomic E-state index is 0.220. The van der Waals surface area contributed by atoms with Gasteiger partial charge >= 0.3 is 0 Å². The Bertz CT molecular complexity index is 185. The van der Waals surface area contributed by atoms with Crippen molar-refractivity contribution in [3.63, 3.8) is 0 Å². The summed E-state index contributed by atoms with van der Waals surface area (Å²) in [6, 6.07) is 0.220. The highest BCUT2D eigenvalue weighted by Crippen LogP contribution is 2.12. The zero-order chi connectivity index (χ0) is 12.1. The molecule has 0 aliphatic carbocycles. The molecule has 16 heavy (non-hydrogen) atoms. The lowest BCUT2D eigenvalue weighted by Crippen LogP contribution is -2.01. The lowest BCUT2D eigenvalue weighted by molar-refractivity contribution is 0.511. The van der Waals surface area contributed by atoms with Gasteiger partial charge in [0.15, 0.2) is 0 Å². The Morgan fingerprint density at radius 3 is 2.00 bits per heavy atom. The topological polar surface area (TPSA) is 29.4 Å². The van der Waals surface area contributed by atoms with Crippen molar-refractivity contribution in [1.82, 2.24) is 0 Å². The van der Waals surface area contributed by atoms with Crippen LogP contribution in [0.2, 0.25) is 0 Å². The fraction of sp³-hybridized carbons (Fsp3) is 0.929. The van der Waals surface area contributed by atoms with Gasteiger partial charge in [-0.2, -0.15) is 0 Å². The molecule has 0 saturated heterocycles. The van der Waals surface area contributed by atoms with Gasteiger partial charge in [-0.25, -0.2) is 9.79 Å². The Hall–Kier alpha value is -0.620. The molecule has 0 bridgehead atoms. The highest BCUT2D eigenvalue weighted by atomic mass is 16.1. The summed E-state index contributed by atoms with van der Waals surface area (Å²) in [5.74, 6) is 0. The third-order valence-electron chi connectivity index (χ3n) is 3.10. The van der Waals surface area contributed by atoms with Gasteiger partial charge in [0.2, 0.25) is 6.08 Å². The highest BCUT2D eigenvalue weighted by molar-refractivity contribution is 5.33. The van der Waals surface area contributed by atoms with E-state index in [1.54, 1.807) is 6.08 Å². The molecule has 2 heteroatoms. The second kappa shape index (κ2) is 12.4. The number of unbranched alkanes of at least 4 members (excludes halogenated alkanes) is 7. The molecule has 94 valence electrons. The van der Waals surface area contributed by atoms with Crippen LogP contribution in [0.15, 0.2) is 4.99 Å². The molecule has 0 aliphatic heterocycles. The van der Waals surface area contributed by atoms with Crippen molar-refractivity contribution < 1.29 is 4.79 Å². The quantitative estimate of drug-likeness (QED) is 0.286. The van der Waals surface area contributed by atoms with E-state index in [0.29, 0.717) is 0 Å². The van der Waals surface area contributed by atoms with Crippen molar-refractivity contribution in [2.45, 2.75) is 84.1 Å². The first-order valence-electron chi connectivity index (χ1n) is 6.92. The highest BCUT2D eigenvalue weighted by Gasteiger charge is 2.02. The lowest BCUT2D eigenvalue weighted by atomic mass is 10.0. The van der Waals surface area contributed by atoms with Gasteiger partial charge in [0.25, 0.3) is 0 Å². The number of hydrogen-bond donors (Lipinski definition) is 0. The third-order valence-corrected chi connectivity index (χ3v) is 3.10. The summed E-state index contributed by atoms with van der Waals surface area (Å²) in [5.41, 5.74) is 0. The predicted octanol–water partition coefficient (Wildman–Crippen LogP) is 4.63. The summed E-state index contributed by atoms with van der Waals surface area (Å²) in [6.07, 6.45) is 14.4. The molecule has 0 aromatic rings. The van der Waals surface area contributed by atoms with E-state index in [9.17, 15) is 4.79 Å². The van der Waals surface area contributed by atoms with E-state index in [-0.39, 0.29) is 6.04 Å². The molecule has 0 amide bonds. The molecular weight excluding hydrogens is 198 g/mol. The number of rotatable bonds is 11. The van der Waals surface area contributed by atoms with Crippen LogP contribution in [-0.4, -0.2) is 12.1 Å².